The molecule has 0 saturated carbocycles. The lowest BCUT2D eigenvalue weighted by atomic mass is 10.0. The molecule has 37 heavy (non-hydrogen) atoms. The van der Waals surface area contributed by atoms with Crippen LogP contribution in [-0.2, 0) is 0 Å². The Labute approximate surface area is 229 Å². The van der Waals surface area contributed by atoms with Crippen molar-refractivity contribution >= 4 is 5.69 Å². The molecule has 0 bridgehead atoms. The molecule has 1 nitrogen and oxygen atoms in total. The van der Waals surface area contributed by atoms with Crippen LogP contribution in [0, 0.1) is 33.1 Å². The monoisotopic (exact) mass is 497 g/mol. The first kappa shape index (κ1) is 33.8. The molecule has 1 heteroatoms. The summed E-state index contributed by atoms with van der Waals surface area (Å²) in [5.41, 5.74) is 8.56. The van der Waals surface area contributed by atoms with Gasteiger partial charge < -0.3 is 5.32 Å². The van der Waals surface area contributed by atoms with Crippen molar-refractivity contribution in [3.8, 4) is 23.5 Å². The molecule has 3 rings (SSSR count). The molecule has 0 spiro atoms. The average molecular weight is 498 g/mol. The normalized spacial score (nSPS) is 9.24. The molecular weight excluding hydrogens is 446 g/mol. The predicted octanol–water partition coefficient (Wildman–Crippen LogP) is 10.9. The van der Waals surface area contributed by atoms with Crippen LogP contribution in [-0.4, -0.2) is 6.54 Å². The van der Waals surface area contributed by atoms with Crippen LogP contribution in [0.15, 0.2) is 79.4 Å². The number of anilines is 1. The van der Waals surface area contributed by atoms with Crippen LogP contribution in [0.5, 0.6) is 0 Å². The van der Waals surface area contributed by atoms with Gasteiger partial charge in [-0.3, -0.25) is 0 Å². The van der Waals surface area contributed by atoms with Gasteiger partial charge in [-0.1, -0.05) is 113 Å². The summed E-state index contributed by atoms with van der Waals surface area (Å²) in [5, 5.41) is 3.45. The molecule has 0 fully saturated rings. The van der Waals surface area contributed by atoms with Crippen LogP contribution in [0.4, 0.5) is 5.69 Å². The third kappa shape index (κ3) is 16.2. The van der Waals surface area contributed by atoms with E-state index in [0.717, 1.165) is 17.7 Å². The molecular formula is C36H51N. The molecule has 0 amide bonds. The van der Waals surface area contributed by atoms with Gasteiger partial charge in [0.25, 0.3) is 0 Å². The minimum atomic E-state index is 0.921. The fourth-order valence-electron chi connectivity index (χ4n) is 3.42. The minimum Gasteiger partial charge on any atom is -0.385 e. The summed E-state index contributed by atoms with van der Waals surface area (Å²) in [7, 11) is 0. The molecule has 0 saturated heterocycles. The molecule has 0 atom stereocenters. The summed E-state index contributed by atoms with van der Waals surface area (Å²) < 4.78 is 0. The van der Waals surface area contributed by atoms with Gasteiger partial charge in [0.1, 0.15) is 0 Å². The standard InChI is InChI=1S/C19H21N.C9H12.C5H12.C3H6/c1-3-5-6-14-20-19-12-10-17(11-13-19)18-9-7-8-16(4-2)15-18;1-7-4-5-8(2)9(3)6-7;1-3-5-4-2;1-3-2/h2,7-13,15,20H,3,5-6,14H2,1H3;4-6H,1-3H3;3-5H2,1-2H3;3H,1H2,2H3. The Morgan fingerprint density at radius 1 is 0.757 bits per heavy atom. The van der Waals surface area contributed by atoms with Crippen molar-refractivity contribution in [1.29, 1.82) is 0 Å². The zero-order valence-corrected chi connectivity index (χ0v) is 24.7. The first-order chi connectivity index (χ1) is 17.9. The van der Waals surface area contributed by atoms with Gasteiger partial charge >= 0.3 is 0 Å². The van der Waals surface area contributed by atoms with Crippen LogP contribution < -0.4 is 5.32 Å². The van der Waals surface area contributed by atoms with Crippen LogP contribution in [0.2, 0.25) is 0 Å². The first-order valence-electron chi connectivity index (χ1n) is 13.9. The highest BCUT2D eigenvalue weighted by molar-refractivity contribution is 5.67. The van der Waals surface area contributed by atoms with Gasteiger partial charge in [-0.15, -0.1) is 13.0 Å². The molecule has 3 aromatic carbocycles. The van der Waals surface area contributed by atoms with E-state index in [1.54, 1.807) is 6.08 Å². The Morgan fingerprint density at radius 2 is 1.38 bits per heavy atom. The van der Waals surface area contributed by atoms with Crippen LogP contribution in [0.1, 0.15) is 88.5 Å². The van der Waals surface area contributed by atoms with E-state index in [0.29, 0.717) is 0 Å². The SMILES string of the molecule is C#Cc1cccc(-c2ccc(NCCCCC)cc2)c1.C=CC.CCCCC.Cc1ccc(C)c(C)c1. The highest BCUT2D eigenvalue weighted by Crippen LogP contribution is 2.22. The second-order valence-electron chi connectivity index (χ2n) is 9.29. The van der Waals surface area contributed by atoms with E-state index in [9.17, 15) is 0 Å². The largest absolute Gasteiger partial charge is 0.385 e. The van der Waals surface area contributed by atoms with E-state index >= 15 is 0 Å². The zero-order valence-electron chi connectivity index (χ0n) is 24.7. The number of hydrogen-bond acceptors (Lipinski definition) is 1. The molecule has 1 N–H and O–H groups in total. The molecule has 0 radical (unpaired) electrons. The molecule has 0 unspecified atom stereocenters. The maximum Gasteiger partial charge on any atom is 0.0340 e. The molecule has 0 aromatic heterocycles. The fourth-order valence-corrected chi connectivity index (χ4v) is 3.42. The van der Waals surface area contributed by atoms with Crippen LogP contribution in [0.25, 0.3) is 11.1 Å². The fraction of sp³-hybridized carbons (Fsp3) is 0.389. The van der Waals surface area contributed by atoms with Crippen molar-refractivity contribution in [1.82, 2.24) is 0 Å². The van der Waals surface area contributed by atoms with Gasteiger partial charge in [0.2, 0.25) is 0 Å². The van der Waals surface area contributed by atoms with Crippen molar-refractivity contribution < 1.29 is 0 Å². The van der Waals surface area contributed by atoms with Gasteiger partial charge in [0.15, 0.2) is 0 Å². The number of nitrogens with one attached hydrogen (secondary N) is 1. The van der Waals surface area contributed by atoms with Gasteiger partial charge in [-0.2, -0.15) is 0 Å². The van der Waals surface area contributed by atoms with Crippen LogP contribution in [0.3, 0.4) is 0 Å². The zero-order chi connectivity index (χ0) is 27.9. The van der Waals surface area contributed by atoms with E-state index in [-0.39, 0.29) is 0 Å². The summed E-state index contributed by atoms with van der Waals surface area (Å²) in [6, 6.07) is 23.1. The van der Waals surface area contributed by atoms with Crippen molar-refractivity contribution in [2.24, 2.45) is 0 Å². The number of aryl methyl sites for hydroxylation is 3. The van der Waals surface area contributed by atoms with E-state index < -0.39 is 0 Å². The Kier molecular flexibility index (Phi) is 20.1. The smallest absolute Gasteiger partial charge is 0.0340 e. The number of terminal acetylenes is 1. The molecule has 3 aromatic rings. The number of rotatable bonds is 8. The van der Waals surface area contributed by atoms with Gasteiger partial charge in [0.05, 0.1) is 0 Å². The van der Waals surface area contributed by atoms with E-state index in [2.05, 4.69) is 108 Å². The van der Waals surface area contributed by atoms with E-state index in [4.69, 9.17) is 6.42 Å². The predicted molar refractivity (Wildman–Crippen MR) is 170 cm³/mol. The van der Waals surface area contributed by atoms with E-state index in [1.807, 2.05) is 25.1 Å². The molecule has 0 heterocycles. The summed E-state index contributed by atoms with van der Waals surface area (Å²) >= 11 is 0. The maximum atomic E-state index is 5.44. The Hall–Kier alpha value is -3.24. The second kappa shape index (κ2) is 22.0. The summed E-state index contributed by atoms with van der Waals surface area (Å²) in [5.74, 6) is 2.68. The lowest BCUT2D eigenvalue weighted by molar-refractivity contribution is 0.744. The van der Waals surface area contributed by atoms with Crippen molar-refractivity contribution in [2.75, 3.05) is 11.9 Å². The van der Waals surface area contributed by atoms with Gasteiger partial charge in [-0.25, -0.2) is 0 Å². The third-order valence-corrected chi connectivity index (χ3v) is 5.73. The maximum absolute atomic E-state index is 5.44. The summed E-state index contributed by atoms with van der Waals surface area (Å²) in [4.78, 5) is 0. The first-order valence-corrected chi connectivity index (χ1v) is 13.9. The number of benzene rings is 3. The van der Waals surface area contributed by atoms with Crippen LogP contribution >= 0.6 is 0 Å². The number of unbranched alkanes of at least 4 members (excludes halogenated alkanes) is 4. The van der Waals surface area contributed by atoms with Gasteiger partial charge in [-0.05, 0) is 80.6 Å². The third-order valence-electron chi connectivity index (χ3n) is 5.73. The molecule has 0 aliphatic carbocycles. The number of allylic oxidation sites excluding steroid dienone is 1. The average Bonchev–Trinajstić information content (AvgIpc) is 2.91. The minimum absolute atomic E-state index is 0.921. The Morgan fingerprint density at radius 3 is 1.86 bits per heavy atom. The van der Waals surface area contributed by atoms with Gasteiger partial charge in [0, 0.05) is 17.8 Å². The lowest BCUT2D eigenvalue weighted by Gasteiger charge is -2.07. The van der Waals surface area contributed by atoms with Crippen molar-refractivity contribution in [3.05, 3.63) is 102 Å². The molecule has 0 aliphatic heterocycles. The highest BCUT2D eigenvalue weighted by atomic mass is 14.9. The highest BCUT2D eigenvalue weighted by Gasteiger charge is 1.99. The van der Waals surface area contributed by atoms with Crippen molar-refractivity contribution in [2.45, 2.75) is 87.0 Å². The lowest BCUT2D eigenvalue weighted by Crippen LogP contribution is -2.00. The number of hydrogen-bond donors (Lipinski definition) is 1. The van der Waals surface area contributed by atoms with E-state index in [1.165, 1.54) is 66.5 Å². The quantitative estimate of drug-likeness (QED) is 0.185. The topological polar surface area (TPSA) is 12.0 Å². The second-order valence-corrected chi connectivity index (χ2v) is 9.29. The molecule has 200 valence electrons. The summed E-state index contributed by atoms with van der Waals surface area (Å²) in [6.45, 7) is 19.3. The summed E-state index contributed by atoms with van der Waals surface area (Å²) in [6.07, 6.45) is 15.0. The molecule has 0 aliphatic rings. The Balaban J connectivity index is 0.000000627. The van der Waals surface area contributed by atoms with Crippen molar-refractivity contribution in [3.63, 3.8) is 0 Å². The Bertz CT molecular complexity index is 1020.